The van der Waals surface area contributed by atoms with Crippen molar-refractivity contribution in [3.63, 3.8) is 0 Å². The van der Waals surface area contributed by atoms with Crippen LogP contribution in [0, 0.1) is 0 Å². The average molecular weight is 248 g/mol. The van der Waals surface area contributed by atoms with Crippen molar-refractivity contribution in [2.75, 3.05) is 19.6 Å². The van der Waals surface area contributed by atoms with Gasteiger partial charge < -0.3 is 14.6 Å². The summed E-state index contributed by atoms with van der Waals surface area (Å²) in [5, 5.41) is 9.95. The third-order valence-corrected chi connectivity index (χ3v) is 4.37. The van der Waals surface area contributed by atoms with E-state index in [2.05, 4.69) is 21.9 Å². The smallest absolute Gasteiger partial charge is 0.0807 e. The van der Waals surface area contributed by atoms with Crippen molar-refractivity contribution >= 4 is 0 Å². The Bertz CT molecular complexity index is 393. The fourth-order valence-corrected chi connectivity index (χ4v) is 3.34. The highest BCUT2D eigenvalue weighted by atomic mass is 16.3. The first-order valence-electron chi connectivity index (χ1n) is 7.42. The number of aromatic nitrogens is 1. The Labute approximate surface area is 109 Å². The van der Waals surface area contributed by atoms with Gasteiger partial charge in [0.2, 0.25) is 0 Å². The number of rotatable bonds is 4. The van der Waals surface area contributed by atoms with Crippen LogP contribution in [0.5, 0.6) is 0 Å². The van der Waals surface area contributed by atoms with Crippen LogP contribution < -0.4 is 0 Å². The number of aliphatic hydroxyl groups excluding tert-OH is 1. The summed E-state index contributed by atoms with van der Waals surface area (Å²) in [6.45, 7) is 4.91. The van der Waals surface area contributed by atoms with E-state index in [1.54, 1.807) is 0 Å². The number of aryl methyl sites for hydroxylation is 2. The van der Waals surface area contributed by atoms with Crippen molar-refractivity contribution < 1.29 is 5.11 Å². The van der Waals surface area contributed by atoms with Crippen LogP contribution in [-0.2, 0) is 13.0 Å². The highest BCUT2D eigenvalue weighted by Crippen LogP contribution is 2.30. The molecule has 0 saturated carbocycles. The van der Waals surface area contributed by atoms with Crippen LogP contribution in [0.2, 0.25) is 0 Å². The first-order chi connectivity index (χ1) is 8.83. The number of fused-ring (bicyclic) bond motifs is 1. The van der Waals surface area contributed by atoms with Crippen LogP contribution in [0.15, 0.2) is 12.4 Å². The van der Waals surface area contributed by atoms with E-state index >= 15 is 0 Å². The third-order valence-electron chi connectivity index (χ3n) is 4.37. The van der Waals surface area contributed by atoms with Crippen LogP contribution in [0.4, 0.5) is 0 Å². The highest BCUT2D eigenvalue weighted by molar-refractivity contribution is 5.28. The van der Waals surface area contributed by atoms with E-state index in [-0.39, 0.29) is 6.10 Å². The summed E-state index contributed by atoms with van der Waals surface area (Å²) >= 11 is 0. The van der Waals surface area contributed by atoms with Crippen molar-refractivity contribution in [1.82, 2.24) is 9.47 Å². The van der Waals surface area contributed by atoms with Gasteiger partial charge >= 0.3 is 0 Å². The third kappa shape index (κ3) is 2.62. The van der Waals surface area contributed by atoms with Gasteiger partial charge in [-0.1, -0.05) is 0 Å². The van der Waals surface area contributed by atoms with Crippen molar-refractivity contribution in [3.05, 3.63) is 23.5 Å². The number of aliphatic hydroxyl groups is 1. The van der Waals surface area contributed by atoms with E-state index < -0.39 is 0 Å². The monoisotopic (exact) mass is 248 g/mol. The Hall–Kier alpha value is -0.800. The minimum Gasteiger partial charge on any atom is -0.388 e. The molecule has 1 fully saturated rings. The minimum absolute atomic E-state index is 0.214. The van der Waals surface area contributed by atoms with Gasteiger partial charge in [0.05, 0.1) is 6.10 Å². The maximum atomic E-state index is 9.95. The summed E-state index contributed by atoms with van der Waals surface area (Å²) < 4.78 is 2.29. The average Bonchev–Trinajstić information content (AvgIpc) is 2.98. The molecule has 100 valence electrons. The summed E-state index contributed by atoms with van der Waals surface area (Å²) in [4.78, 5) is 2.57. The molecule has 0 aromatic carbocycles. The second kappa shape index (κ2) is 5.45. The second-order valence-electron chi connectivity index (χ2n) is 5.79. The Balaban J connectivity index is 1.53. The fraction of sp³-hybridized carbons (Fsp3) is 0.733. The molecule has 0 bridgehead atoms. The fourth-order valence-electron chi connectivity index (χ4n) is 3.34. The molecule has 0 radical (unpaired) electrons. The van der Waals surface area contributed by atoms with E-state index in [1.165, 1.54) is 50.0 Å². The van der Waals surface area contributed by atoms with Gasteiger partial charge in [-0.25, -0.2) is 0 Å². The molecule has 1 aromatic heterocycles. The summed E-state index contributed by atoms with van der Waals surface area (Å²) in [7, 11) is 0. The largest absolute Gasteiger partial charge is 0.388 e. The molecule has 3 rings (SSSR count). The molecule has 1 atom stereocenters. The first-order valence-corrected chi connectivity index (χ1v) is 7.42. The van der Waals surface area contributed by atoms with Gasteiger partial charge in [-0.15, -0.1) is 0 Å². The Morgan fingerprint density at radius 3 is 2.72 bits per heavy atom. The quantitative estimate of drug-likeness (QED) is 0.886. The summed E-state index contributed by atoms with van der Waals surface area (Å²) in [5.41, 5.74) is 2.55. The van der Waals surface area contributed by atoms with E-state index in [9.17, 15) is 5.11 Å². The van der Waals surface area contributed by atoms with Gasteiger partial charge in [-0.3, -0.25) is 0 Å². The van der Waals surface area contributed by atoms with Crippen molar-refractivity contribution in [2.45, 2.75) is 51.2 Å². The topological polar surface area (TPSA) is 28.4 Å². The first kappa shape index (κ1) is 12.2. The van der Waals surface area contributed by atoms with Gasteiger partial charge in [-0.05, 0) is 63.7 Å². The second-order valence-corrected chi connectivity index (χ2v) is 5.79. The number of likely N-dealkylation sites (tertiary alicyclic amines) is 1. The maximum absolute atomic E-state index is 9.95. The molecule has 1 unspecified atom stereocenters. The van der Waals surface area contributed by atoms with Crippen LogP contribution in [0.3, 0.4) is 0 Å². The highest BCUT2D eigenvalue weighted by Gasteiger charge is 2.19. The maximum Gasteiger partial charge on any atom is 0.0807 e. The van der Waals surface area contributed by atoms with Crippen LogP contribution in [-0.4, -0.2) is 34.2 Å². The van der Waals surface area contributed by atoms with E-state index in [0.717, 1.165) is 25.8 Å². The lowest BCUT2D eigenvalue weighted by Gasteiger charge is -2.16. The van der Waals surface area contributed by atoms with Crippen molar-refractivity contribution in [3.8, 4) is 0 Å². The van der Waals surface area contributed by atoms with Gasteiger partial charge in [0.25, 0.3) is 0 Å². The Morgan fingerprint density at radius 2 is 1.94 bits per heavy atom. The molecular weight excluding hydrogens is 224 g/mol. The molecule has 1 aliphatic heterocycles. The lowest BCUT2D eigenvalue weighted by Crippen LogP contribution is -2.21. The molecule has 1 aliphatic carbocycles. The number of hydrogen-bond acceptors (Lipinski definition) is 2. The van der Waals surface area contributed by atoms with E-state index in [1.807, 2.05) is 0 Å². The molecule has 3 heteroatoms. The number of nitrogens with zero attached hydrogens (tertiary/aromatic N) is 2. The molecule has 1 aromatic rings. The summed E-state index contributed by atoms with van der Waals surface area (Å²) in [6, 6.07) is 0. The van der Waals surface area contributed by atoms with Crippen LogP contribution in [0.1, 0.15) is 49.3 Å². The zero-order valence-electron chi connectivity index (χ0n) is 11.1. The lowest BCUT2D eigenvalue weighted by atomic mass is 9.93. The molecule has 1 N–H and O–H groups in total. The van der Waals surface area contributed by atoms with E-state index in [0.29, 0.717) is 0 Å². The molecule has 0 amide bonds. The van der Waals surface area contributed by atoms with Crippen molar-refractivity contribution in [1.29, 1.82) is 0 Å². The number of hydrogen-bond donors (Lipinski definition) is 1. The Morgan fingerprint density at radius 1 is 1.11 bits per heavy atom. The van der Waals surface area contributed by atoms with Crippen LogP contribution >= 0.6 is 0 Å². The molecule has 3 nitrogen and oxygen atoms in total. The molecule has 2 heterocycles. The molecular formula is C15H24N2O. The molecule has 1 saturated heterocycles. The standard InChI is InChI=1S/C15H24N2O/c18-15-6-3-5-13-11-17(12-14(13)15)10-4-9-16-7-1-2-8-16/h11-12,15,18H,1-10H2. The van der Waals surface area contributed by atoms with Gasteiger partial charge in [-0.2, -0.15) is 0 Å². The summed E-state index contributed by atoms with van der Waals surface area (Å²) in [5.74, 6) is 0. The zero-order valence-corrected chi connectivity index (χ0v) is 11.1. The zero-order chi connectivity index (χ0) is 12.4. The van der Waals surface area contributed by atoms with E-state index in [4.69, 9.17) is 0 Å². The summed E-state index contributed by atoms with van der Waals surface area (Å²) in [6.07, 6.45) is 11.4. The van der Waals surface area contributed by atoms with Gasteiger partial charge in [0, 0.05) is 24.5 Å². The lowest BCUT2D eigenvalue weighted by molar-refractivity contribution is 0.157. The predicted molar refractivity (Wildman–Crippen MR) is 72.6 cm³/mol. The molecule has 2 aliphatic rings. The Kier molecular flexibility index (Phi) is 3.71. The predicted octanol–water partition coefficient (Wildman–Crippen LogP) is 2.34. The van der Waals surface area contributed by atoms with Crippen molar-refractivity contribution in [2.24, 2.45) is 0 Å². The minimum atomic E-state index is -0.214. The van der Waals surface area contributed by atoms with Crippen LogP contribution in [0.25, 0.3) is 0 Å². The normalized spacial score (nSPS) is 24.4. The molecule has 18 heavy (non-hydrogen) atoms. The molecule has 0 spiro atoms. The van der Waals surface area contributed by atoms with Gasteiger partial charge in [0.1, 0.15) is 0 Å². The van der Waals surface area contributed by atoms with Gasteiger partial charge in [0.15, 0.2) is 0 Å². The SMILES string of the molecule is OC1CCCc2cn(CCCN3CCCC3)cc21.